The minimum Gasteiger partial charge on any atom is -0.385 e. The molecule has 0 radical (unpaired) electrons. The summed E-state index contributed by atoms with van der Waals surface area (Å²) in [6, 6.07) is 10.6. The Hall–Kier alpha value is -1.47. The quantitative estimate of drug-likeness (QED) is 0.298. The highest BCUT2D eigenvalue weighted by Gasteiger charge is 2.42. The number of rotatable bonds is 13. The van der Waals surface area contributed by atoms with Crippen molar-refractivity contribution in [3.63, 3.8) is 0 Å². The van der Waals surface area contributed by atoms with Gasteiger partial charge in [-0.2, -0.15) is 0 Å². The number of carbonyl (C=O) groups excluding carboxylic acids is 1. The average Bonchev–Trinajstić information content (AvgIpc) is 3.37. The molecule has 1 aliphatic heterocycles. The average molecular weight is 529 g/mol. The normalized spacial score (nSPS) is 21.7. The van der Waals surface area contributed by atoms with Crippen LogP contribution in [0.25, 0.3) is 10.1 Å². The molecule has 2 aliphatic rings. The van der Waals surface area contributed by atoms with Gasteiger partial charge in [-0.1, -0.05) is 50.3 Å². The molecule has 0 unspecified atom stereocenters. The summed E-state index contributed by atoms with van der Waals surface area (Å²) < 4.78 is 6.50. The van der Waals surface area contributed by atoms with Crippen LogP contribution in [0.3, 0.4) is 0 Å². The summed E-state index contributed by atoms with van der Waals surface area (Å²) in [7, 11) is 3.74. The highest BCUT2D eigenvalue weighted by molar-refractivity contribution is 7.19. The van der Waals surface area contributed by atoms with Crippen molar-refractivity contribution in [3.8, 4) is 0 Å². The van der Waals surface area contributed by atoms with E-state index in [0.29, 0.717) is 31.9 Å². The molecule has 1 aromatic carbocycles. The molecular weight excluding hydrogens is 480 g/mol. The zero-order valence-electron chi connectivity index (χ0n) is 23.1. The molecule has 5 nitrogen and oxygen atoms in total. The molecular formula is C31H48N2O3S. The minimum atomic E-state index is -0.914. The van der Waals surface area contributed by atoms with E-state index in [2.05, 4.69) is 40.5 Å². The number of nitrogens with zero attached hydrogens (tertiary/aromatic N) is 1. The fourth-order valence-corrected chi connectivity index (χ4v) is 8.02. The van der Waals surface area contributed by atoms with Gasteiger partial charge in [-0.25, -0.2) is 0 Å². The summed E-state index contributed by atoms with van der Waals surface area (Å²) in [5, 5.41) is 16.9. The SMILES string of the molecule is CNC[C@@H](CC(=O)N1CCC[C@@H]([C@@](O)(CCCCOC)c2cc3ccccc3s2)C1)CC1CCCCC1. The van der Waals surface area contributed by atoms with Crippen molar-refractivity contribution in [1.82, 2.24) is 10.2 Å². The van der Waals surface area contributed by atoms with E-state index >= 15 is 0 Å². The lowest BCUT2D eigenvalue weighted by atomic mass is 9.77. The summed E-state index contributed by atoms with van der Waals surface area (Å²) in [4.78, 5) is 16.7. The molecule has 1 aliphatic carbocycles. The summed E-state index contributed by atoms with van der Waals surface area (Å²) >= 11 is 1.71. The molecule has 0 spiro atoms. The van der Waals surface area contributed by atoms with E-state index in [1.807, 2.05) is 7.05 Å². The first-order valence-corrected chi connectivity index (χ1v) is 15.5. The van der Waals surface area contributed by atoms with E-state index in [4.69, 9.17) is 4.74 Å². The van der Waals surface area contributed by atoms with Crippen molar-refractivity contribution >= 4 is 27.3 Å². The number of amides is 1. The van der Waals surface area contributed by atoms with Crippen molar-refractivity contribution < 1.29 is 14.6 Å². The van der Waals surface area contributed by atoms with Gasteiger partial charge in [0.05, 0.1) is 0 Å². The Morgan fingerprint density at radius 2 is 2.00 bits per heavy atom. The van der Waals surface area contributed by atoms with Crippen molar-refractivity contribution in [2.75, 3.05) is 40.4 Å². The molecule has 2 heterocycles. The molecule has 2 fully saturated rings. The highest BCUT2D eigenvalue weighted by atomic mass is 32.1. The Morgan fingerprint density at radius 1 is 1.19 bits per heavy atom. The van der Waals surface area contributed by atoms with Gasteiger partial charge in [0.15, 0.2) is 0 Å². The summed E-state index contributed by atoms with van der Waals surface area (Å²) in [5.41, 5.74) is -0.914. The van der Waals surface area contributed by atoms with E-state index in [1.165, 1.54) is 42.2 Å². The predicted octanol–water partition coefficient (Wildman–Crippen LogP) is 6.34. The van der Waals surface area contributed by atoms with E-state index in [9.17, 15) is 9.90 Å². The molecule has 1 saturated carbocycles. The van der Waals surface area contributed by atoms with Gasteiger partial charge in [-0.05, 0) is 81.5 Å². The van der Waals surface area contributed by atoms with Gasteiger partial charge in [0.2, 0.25) is 5.91 Å². The maximum Gasteiger partial charge on any atom is 0.222 e. The Morgan fingerprint density at radius 3 is 2.76 bits per heavy atom. The van der Waals surface area contributed by atoms with Crippen molar-refractivity contribution in [3.05, 3.63) is 35.2 Å². The summed E-state index contributed by atoms with van der Waals surface area (Å²) in [6.07, 6.45) is 13.0. The molecule has 206 valence electrons. The summed E-state index contributed by atoms with van der Waals surface area (Å²) in [6.45, 7) is 3.09. The van der Waals surface area contributed by atoms with Crippen LogP contribution >= 0.6 is 11.3 Å². The first-order chi connectivity index (χ1) is 18.0. The second kappa shape index (κ2) is 14.1. The number of thiophene rings is 1. The maximum absolute atomic E-state index is 13.6. The fraction of sp³-hybridized carbons (Fsp3) is 0.710. The smallest absolute Gasteiger partial charge is 0.222 e. The number of ether oxygens (including phenoxy) is 1. The Balaban J connectivity index is 1.46. The zero-order valence-corrected chi connectivity index (χ0v) is 23.9. The molecule has 6 heteroatoms. The van der Waals surface area contributed by atoms with Crippen LogP contribution in [0.15, 0.2) is 30.3 Å². The standard InChI is InChI=1S/C31H48N2O3S/c1-32-22-25(19-24-11-4-3-5-12-24)20-30(34)33-17-10-14-27(23-33)31(35,16-8-9-18-36-2)29-21-26-13-6-7-15-28(26)37-29/h6-7,13,15,21,24-25,27,32,35H,3-5,8-12,14,16-20,22-23H2,1-2H3/t25-,27-,31+/m1/s1. The van der Waals surface area contributed by atoms with E-state index in [0.717, 1.165) is 56.0 Å². The summed E-state index contributed by atoms with van der Waals surface area (Å²) in [5.74, 6) is 1.51. The number of methoxy groups -OCH3 is 1. The number of benzene rings is 1. The molecule has 1 amide bonds. The number of hydrogen-bond donors (Lipinski definition) is 2. The number of likely N-dealkylation sites (tertiary alicyclic amines) is 1. The third-order valence-corrected chi connectivity index (χ3v) is 10.1. The maximum atomic E-state index is 13.6. The van der Waals surface area contributed by atoms with E-state index < -0.39 is 5.60 Å². The number of hydrogen-bond acceptors (Lipinski definition) is 5. The van der Waals surface area contributed by atoms with Crippen molar-refractivity contribution in [2.45, 2.75) is 82.7 Å². The molecule has 3 atom stereocenters. The number of aliphatic hydroxyl groups is 1. The third-order valence-electron chi connectivity index (χ3n) is 8.81. The number of carbonyl (C=O) groups is 1. The van der Waals surface area contributed by atoms with Gasteiger partial charge in [-0.3, -0.25) is 4.79 Å². The lowest BCUT2D eigenvalue weighted by Gasteiger charge is -2.42. The first-order valence-electron chi connectivity index (χ1n) is 14.7. The third kappa shape index (κ3) is 7.56. The second-order valence-corrected chi connectivity index (χ2v) is 12.7. The van der Waals surface area contributed by atoms with E-state index in [-0.39, 0.29) is 11.8 Å². The van der Waals surface area contributed by atoms with Crippen molar-refractivity contribution in [2.24, 2.45) is 17.8 Å². The molecule has 1 saturated heterocycles. The number of fused-ring (bicyclic) bond motifs is 1. The van der Waals surface area contributed by atoms with Gasteiger partial charge >= 0.3 is 0 Å². The Labute approximate surface area is 228 Å². The number of nitrogens with one attached hydrogen (secondary N) is 1. The fourth-order valence-electron chi connectivity index (χ4n) is 6.76. The lowest BCUT2D eigenvalue weighted by molar-refractivity contribution is -0.137. The van der Waals surface area contributed by atoms with Gasteiger partial charge in [0, 0.05) is 48.7 Å². The van der Waals surface area contributed by atoms with Crippen LogP contribution in [-0.4, -0.2) is 56.3 Å². The molecule has 2 N–H and O–H groups in total. The Kier molecular flexibility index (Phi) is 10.9. The van der Waals surface area contributed by atoms with E-state index in [1.54, 1.807) is 18.4 Å². The van der Waals surface area contributed by atoms with Crippen LogP contribution in [0.1, 0.15) is 81.9 Å². The molecule has 0 bridgehead atoms. The number of piperidine rings is 1. The van der Waals surface area contributed by atoms with Gasteiger partial charge < -0.3 is 20.1 Å². The van der Waals surface area contributed by atoms with Crippen LogP contribution < -0.4 is 5.32 Å². The van der Waals surface area contributed by atoms with Crippen LogP contribution in [-0.2, 0) is 15.1 Å². The van der Waals surface area contributed by atoms with Crippen LogP contribution in [0.4, 0.5) is 0 Å². The molecule has 1 aromatic heterocycles. The van der Waals surface area contributed by atoms with Crippen LogP contribution in [0.5, 0.6) is 0 Å². The highest BCUT2D eigenvalue weighted by Crippen LogP contribution is 2.44. The monoisotopic (exact) mass is 528 g/mol. The number of unbranched alkanes of at least 4 members (excludes halogenated alkanes) is 1. The largest absolute Gasteiger partial charge is 0.385 e. The first kappa shape index (κ1) is 28.5. The Bertz CT molecular complexity index is 939. The molecule has 4 rings (SSSR count). The molecule has 37 heavy (non-hydrogen) atoms. The molecule has 2 aromatic rings. The van der Waals surface area contributed by atoms with Crippen LogP contribution in [0, 0.1) is 17.8 Å². The lowest BCUT2D eigenvalue weighted by Crippen LogP contribution is -2.48. The van der Waals surface area contributed by atoms with Gasteiger partial charge in [0.25, 0.3) is 0 Å². The van der Waals surface area contributed by atoms with Crippen LogP contribution in [0.2, 0.25) is 0 Å². The van der Waals surface area contributed by atoms with Crippen molar-refractivity contribution in [1.29, 1.82) is 0 Å². The van der Waals surface area contributed by atoms with Gasteiger partial charge in [0.1, 0.15) is 5.60 Å². The van der Waals surface area contributed by atoms with Gasteiger partial charge in [-0.15, -0.1) is 11.3 Å². The zero-order chi connectivity index (χ0) is 26.1. The topological polar surface area (TPSA) is 61.8 Å². The minimum absolute atomic E-state index is 0.0573. The second-order valence-electron chi connectivity index (χ2n) is 11.6. The predicted molar refractivity (Wildman–Crippen MR) is 154 cm³/mol.